The molecule has 0 aromatic heterocycles. The van der Waals surface area contributed by atoms with E-state index < -0.39 is 47.3 Å². The summed E-state index contributed by atoms with van der Waals surface area (Å²) in [6, 6.07) is 0. The number of ether oxygens (including phenoxy) is 5. The Morgan fingerprint density at radius 1 is 1.04 bits per heavy atom. The molecular weight excluding hydrogens is 324 g/mol. The van der Waals surface area contributed by atoms with Crippen LogP contribution in [0.2, 0.25) is 0 Å². The van der Waals surface area contributed by atoms with Crippen molar-refractivity contribution in [3.05, 3.63) is 0 Å². The van der Waals surface area contributed by atoms with Crippen molar-refractivity contribution in [3.63, 3.8) is 0 Å². The Labute approximate surface area is 139 Å². The maximum atomic E-state index is 12.2. The Morgan fingerprint density at radius 3 is 2.30 bits per heavy atom. The zero-order valence-electron chi connectivity index (χ0n) is 14.4. The number of fused-ring (bicyclic) bond motifs is 1. The molecular formula is C15H26O7S. The van der Waals surface area contributed by atoms with Crippen molar-refractivity contribution < 1.29 is 32.1 Å². The minimum Gasteiger partial charge on any atom is -0.348 e. The Balaban J connectivity index is 1.77. The highest BCUT2D eigenvalue weighted by Crippen LogP contribution is 2.42. The smallest absolute Gasteiger partial charge is 0.190 e. The predicted molar refractivity (Wildman–Crippen MR) is 81.8 cm³/mol. The number of hydrogen-bond donors (Lipinski definition) is 0. The first kappa shape index (κ1) is 17.7. The van der Waals surface area contributed by atoms with Crippen LogP contribution in [0, 0.1) is 0 Å². The lowest BCUT2D eigenvalue weighted by molar-refractivity contribution is -0.230. The van der Waals surface area contributed by atoms with Crippen LogP contribution in [0.1, 0.15) is 41.5 Å². The highest BCUT2D eigenvalue weighted by Gasteiger charge is 2.59. The normalized spacial score (nSPS) is 43.0. The van der Waals surface area contributed by atoms with Gasteiger partial charge < -0.3 is 23.7 Å². The molecule has 23 heavy (non-hydrogen) atoms. The van der Waals surface area contributed by atoms with Crippen LogP contribution in [-0.4, -0.2) is 58.3 Å². The highest BCUT2D eigenvalue weighted by atomic mass is 32.2. The minimum atomic E-state index is -1.45. The molecule has 3 saturated heterocycles. The van der Waals surface area contributed by atoms with E-state index >= 15 is 0 Å². The number of hydrogen-bond acceptors (Lipinski definition) is 7. The van der Waals surface area contributed by atoms with Crippen LogP contribution in [0.4, 0.5) is 0 Å². The molecule has 7 nitrogen and oxygen atoms in total. The molecule has 134 valence electrons. The standard InChI is InChI=1S/C15H26O7S/c1-8(2)23(16)22-11-10(9-7-17-14(3,4)19-9)18-13-12(11)20-15(5,6)21-13/h8-13H,7H2,1-6H3/t9-,10-,11+,12-,13-,23?/m1/s1. The van der Waals surface area contributed by atoms with Gasteiger partial charge in [0.05, 0.1) is 11.9 Å². The fourth-order valence-corrected chi connectivity index (χ4v) is 3.67. The lowest BCUT2D eigenvalue weighted by Gasteiger charge is -2.28. The fourth-order valence-electron chi connectivity index (χ4n) is 3.01. The van der Waals surface area contributed by atoms with Gasteiger partial charge in [-0.1, -0.05) is 0 Å². The molecule has 0 radical (unpaired) electrons. The van der Waals surface area contributed by atoms with E-state index in [4.69, 9.17) is 27.9 Å². The van der Waals surface area contributed by atoms with Crippen LogP contribution < -0.4 is 0 Å². The second-order valence-electron chi connectivity index (χ2n) is 7.31. The molecule has 0 aliphatic carbocycles. The Bertz CT molecular complexity index is 478. The zero-order chi connectivity index (χ0) is 17.0. The van der Waals surface area contributed by atoms with Crippen LogP contribution in [0.5, 0.6) is 0 Å². The summed E-state index contributed by atoms with van der Waals surface area (Å²) in [5.41, 5.74) is 0. The molecule has 6 atom stereocenters. The molecule has 8 heteroatoms. The summed E-state index contributed by atoms with van der Waals surface area (Å²) in [6.07, 6.45) is -2.31. The van der Waals surface area contributed by atoms with Crippen LogP contribution >= 0.6 is 0 Å². The molecule has 0 N–H and O–H groups in total. The van der Waals surface area contributed by atoms with E-state index in [0.717, 1.165) is 0 Å². The van der Waals surface area contributed by atoms with Crippen molar-refractivity contribution in [3.8, 4) is 0 Å². The third kappa shape index (κ3) is 3.63. The Morgan fingerprint density at radius 2 is 1.74 bits per heavy atom. The molecule has 1 unspecified atom stereocenters. The molecule has 0 aromatic carbocycles. The molecule has 0 saturated carbocycles. The van der Waals surface area contributed by atoms with Crippen molar-refractivity contribution in [2.24, 2.45) is 0 Å². The largest absolute Gasteiger partial charge is 0.348 e. The van der Waals surface area contributed by atoms with Gasteiger partial charge in [0.1, 0.15) is 24.4 Å². The second kappa shape index (κ2) is 6.01. The van der Waals surface area contributed by atoms with E-state index in [2.05, 4.69) is 0 Å². The molecule has 0 bridgehead atoms. The van der Waals surface area contributed by atoms with Crippen molar-refractivity contribution in [1.82, 2.24) is 0 Å². The molecule has 0 aromatic rings. The van der Waals surface area contributed by atoms with Gasteiger partial charge in [-0.05, 0) is 41.5 Å². The van der Waals surface area contributed by atoms with Gasteiger partial charge in [0.2, 0.25) is 0 Å². The quantitative estimate of drug-likeness (QED) is 0.760. The topological polar surface area (TPSA) is 72.5 Å². The molecule has 0 spiro atoms. The highest BCUT2D eigenvalue weighted by molar-refractivity contribution is 7.80. The first-order chi connectivity index (χ1) is 10.6. The van der Waals surface area contributed by atoms with E-state index in [9.17, 15) is 4.21 Å². The lowest BCUT2D eigenvalue weighted by atomic mass is 10.1. The van der Waals surface area contributed by atoms with Gasteiger partial charge in [0.15, 0.2) is 28.9 Å². The first-order valence-corrected chi connectivity index (χ1v) is 9.12. The van der Waals surface area contributed by atoms with Gasteiger partial charge in [-0.15, -0.1) is 0 Å². The third-order valence-corrected chi connectivity index (χ3v) is 5.20. The first-order valence-electron chi connectivity index (χ1n) is 7.98. The van der Waals surface area contributed by atoms with Crippen molar-refractivity contribution in [1.29, 1.82) is 0 Å². The summed E-state index contributed by atoms with van der Waals surface area (Å²) in [7, 11) is 0. The van der Waals surface area contributed by atoms with E-state index in [1.807, 2.05) is 41.5 Å². The Kier molecular flexibility index (Phi) is 4.63. The summed E-state index contributed by atoms with van der Waals surface area (Å²) >= 11 is -1.45. The van der Waals surface area contributed by atoms with Gasteiger partial charge in [-0.25, -0.2) is 4.21 Å². The number of rotatable bonds is 4. The van der Waals surface area contributed by atoms with E-state index in [1.54, 1.807) is 0 Å². The molecule has 3 aliphatic rings. The maximum Gasteiger partial charge on any atom is 0.190 e. The summed E-state index contributed by atoms with van der Waals surface area (Å²) in [6.45, 7) is 11.4. The molecule has 3 aliphatic heterocycles. The van der Waals surface area contributed by atoms with Crippen LogP contribution in [0.3, 0.4) is 0 Å². The van der Waals surface area contributed by atoms with Gasteiger partial charge in [-0.3, -0.25) is 4.18 Å². The van der Waals surface area contributed by atoms with Crippen LogP contribution in [0.15, 0.2) is 0 Å². The summed E-state index contributed by atoms with van der Waals surface area (Å²) in [5.74, 6) is -1.43. The molecule has 3 heterocycles. The average Bonchev–Trinajstić information content (AvgIpc) is 3.01. The van der Waals surface area contributed by atoms with E-state index in [1.165, 1.54) is 0 Å². The van der Waals surface area contributed by atoms with Crippen molar-refractivity contribution in [2.75, 3.05) is 6.61 Å². The SMILES string of the molecule is CC(C)S(=O)O[C@@H]1[C@H]2OC(C)(C)O[C@H]2O[C@@H]1[C@H]1COC(C)(C)O1. The molecule has 0 amide bonds. The van der Waals surface area contributed by atoms with Crippen LogP contribution in [-0.2, 0) is 38.9 Å². The summed E-state index contributed by atoms with van der Waals surface area (Å²) < 4.78 is 47.1. The van der Waals surface area contributed by atoms with Gasteiger partial charge in [-0.2, -0.15) is 0 Å². The maximum absolute atomic E-state index is 12.2. The van der Waals surface area contributed by atoms with Crippen molar-refractivity contribution >= 4 is 11.1 Å². The Hall–Kier alpha value is -0.0900. The van der Waals surface area contributed by atoms with Gasteiger partial charge in [0.25, 0.3) is 0 Å². The van der Waals surface area contributed by atoms with E-state index in [-0.39, 0.29) is 11.4 Å². The average molecular weight is 350 g/mol. The monoisotopic (exact) mass is 350 g/mol. The van der Waals surface area contributed by atoms with Gasteiger partial charge in [0, 0.05) is 0 Å². The fraction of sp³-hybridized carbons (Fsp3) is 1.00. The second-order valence-corrected chi connectivity index (χ2v) is 8.96. The lowest BCUT2D eigenvalue weighted by Crippen LogP contribution is -2.45. The van der Waals surface area contributed by atoms with Crippen LogP contribution in [0.25, 0.3) is 0 Å². The summed E-state index contributed by atoms with van der Waals surface area (Å²) in [4.78, 5) is 0. The van der Waals surface area contributed by atoms with E-state index in [0.29, 0.717) is 6.61 Å². The van der Waals surface area contributed by atoms with Crippen molar-refractivity contribution in [2.45, 2.75) is 89.1 Å². The molecule has 3 rings (SSSR count). The minimum absolute atomic E-state index is 0.123. The third-order valence-electron chi connectivity index (χ3n) is 4.01. The zero-order valence-corrected chi connectivity index (χ0v) is 15.3. The molecule has 3 fully saturated rings. The summed E-state index contributed by atoms with van der Waals surface area (Å²) in [5, 5.41) is -0.123. The predicted octanol–water partition coefficient (Wildman–Crippen LogP) is 1.47. The van der Waals surface area contributed by atoms with Gasteiger partial charge >= 0.3 is 0 Å².